The minimum Gasteiger partial charge on any atom is -0.481 e. The van der Waals surface area contributed by atoms with Crippen molar-refractivity contribution in [1.29, 1.82) is 0 Å². The van der Waals surface area contributed by atoms with E-state index in [4.69, 9.17) is 27.4 Å². The molecule has 2 aromatic carbocycles. The Kier molecular flexibility index (Phi) is 7.33. The molecule has 9 heteroatoms. The number of piperazine rings is 1. The number of aliphatic carboxylic acids is 1. The van der Waals surface area contributed by atoms with Crippen molar-refractivity contribution in [2.75, 3.05) is 26.2 Å². The summed E-state index contributed by atoms with van der Waals surface area (Å²) in [6.45, 7) is 4.59. The van der Waals surface area contributed by atoms with Gasteiger partial charge in [0.15, 0.2) is 0 Å². The maximum atomic E-state index is 13.3. The molecule has 1 aromatic heterocycles. The molecule has 1 aliphatic heterocycles. The summed E-state index contributed by atoms with van der Waals surface area (Å²) >= 11 is 6.52. The van der Waals surface area contributed by atoms with Crippen LogP contribution in [-0.4, -0.2) is 69.9 Å². The van der Waals surface area contributed by atoms with E-state index in [-0.39, 0.29) is 18.4 Å². The number of nitrogens with zero attached hydrogens (tertiary/aromatic N) is 3. The number of fused-ring (bicyclic) bond motifs is 1. The van der Waals surface area contributed by atoms with E-state index >= 15 is 0 Å². The van der Waals surface area contributed by atoms with E-state index in [1.165, 1.54) is 0 Å². The molecule has 1 fully saturated rings. The van der Waals surface area contributed by atoms with Gasteiger partial charge in [-0.1, -0.05) is 29.8 Å². The third-order valence-electron chi connectivity index (χ3n) is 6.34. The summed E-state index contributed by atoms with van der Waals surface area (Å²) in [5.41, 5.74) is 8.18. The molecular weight excluding hydrogens is 468 g/mol. The van der Waals surface area contributed by atoms with Gasteiger partial charge in [-0.25, -0.2) is 4.98 Å². The molecule has 1 saturated heterocycles. The molecule has 3 N–H and O–H groups in total. The number of carbonyl (C=O) groups excluding carboxylic acids is 2. The molecule has 0 unspecified atom stereocenters. The van der Waals surface area contributed by atoms with Crippen LogP contribution in [0.15, 0.2) is 48.5 Å². The second kappa shape index (κ2) is 10.4. The van der Waals surface area contributed by atoms with E-state index in [0.717, 1.165) is 5.39 Å². The molecule has 2 heterocycles. The van der Waals surface area contributed by atoms with E-state index < -0.39 is 11.9 Å². The summed E-state index contributed by atoms with van der Waals surface area (Å²) < 4.78 is 0. The fourth-order valence-corrected chi connectivity index (χ4v) is 4.69. The number of halogens is 1. The van der Waals surface area contributed by atoms with Gasteiger partial charge in [-0.05, 0) is 50.2 Å². The Bertz CT molecular complexity index is 1300. The first kappa shape index (κ1) is 24.6. The van der Waals surface area contributed by atoms with Crippen molar-refractivity contribution in [3.63, 3.8) is 0 Å². The Morgan fingerprint density at radius 1 is 1.11 bits per heavy atom. The molecule has 0 aliphatic carbocycles. The van der Waals surface area contributed by atoms with Gasteiger partial charge in [0.05, 0.1) is 16.2 Å². The maximum absolute atomic E-state index is 13.3. The number of rotatable bonds is 7. The van der Waals surface area contributed by atoms with Gasteiger partial charge in [-0.15, -0.1) is 0 Å². The summed E-state index contributed by atoms with van der Waals surface area (Å²) in [6, 6.07) is 14.0. The minimum absolute atomic E-state index is 0.0806. The zero-order valence-electron chi connectivity index (χ0n) is 19.4. The number of benzene rings is 2. The van der Waals surface area contributed by atoms with Crippen LogP contribution < -0.4 is 5.73 Å². The number of carbonyl (C=O) groups is 3. The zero-order chi connectivity index (χ0) is 25.1. The number of carboxylic acids is 1. The molecule has 0 spiro atoms. The minimum atomic E-state index is -0.791. The Morgan fingerprint density at radius 3 is 2.63 bits per heavy atom. The van der Waals surface area contributed by atoms with Gasteiger partial charge < -0.3 is 15.7 Å². The topological polar surface area (TPSA) is 117 Å². The highest BCUT2D eigenvalue weighted by Gasteiger charge is 2.27. The number of pyridine rings is 1. The predicted octanol–water partition coefficient (Wildman–Crippen LogP) is 3.67. The summed E-state index contributed by atoms with van der Waals surface area (Å²) in [5.74, 6) is -1.40. The first-order valence-electron chi connectivity index (χ1n) is 11.5. The summed E-state index contributed by atoms with van der Waals surface area (Å²) in [4.78, 5) is 44.4. The van der Waals surface area contributed by atoms with Crippen LogP contribution in [0.5, 0.6) is 0 Å². The highest BCUT2D eigenvalue weighted by atomic mass is 35.5. The monoisotopic (exact) mass is 494 g/mol. The van der Waals surface area contributed by atoms with Gasteiger partial charge in [-0.2, -0.15) is 0 Å². The fourth-order valence-electron chi connectivity index (χ4n) is 4.43. The van der Waals surface area contributed by atoms with E-state index in [2.05, 4.69) is 11.8 Å². The highest BCUT2D eigenvalue weighted by molar-refractivity contribution is 6.35. The van der Waals surface area contributed by atoms with Crippen LogP contribution in [0.2, 0.25) is 5.02 Å². The highest BCUT2D eigenvalue weighted by Crippen LogP contribution is 2.29. The van der Waals surface area contributed by atoms with Crippen LogP contribution in [0.1, 0.15) is 40.5 Å². The molecule has 8 nitrogen and oxygen atoms in total. The number of aromatic nitrogens is 1. The standard InChI is InChI=1S/C26H27ClN4O4/c1-16-15-31(11-10-30(16)9-3-6-24(32)33)26(35)19-7-8-20-21(27)14-22(29-23(20)13-19)17-4-2-5-18(12-17)25(28)34/h2,4-5,7-8,12-14,16H,3,6,9-11,15H2,1H3,(H2,28,34)(H,32,33)/t16-/m1/s1. The van der Waals surface area contributed by atoms with Gasteiger partial charge >= 0.3 is 5.97 Å². The Morgan fingerprint density at radius 2 is 1.91 bits per heavy atom. The fraction of sp³-hybridized carbons (Fsp3) is 0.308. The van der Waals surface area contributed by atoms with Gasteiger partial charge in [0.1, 0.15) is 0 Å². The number of hydrogen-bond donors (Lipinski definition) is 2. The third kappa shape index (κ3) is 5.61. The molecule has 182 valence electrons. The van der Waals surface area contributed by atoms with Crippen molar-refractivity contribution >= 4 is 40.3 Å². The van der Waals surface area contributed by atoms with Crippen molar-refractivity contribution < 1.29 is 19.5 Å². The zero-order valence-corrected chi connectivity index (χ0v) is 20.2. The van der Waals surface area contributed by atoms with Crippen molar-refractivity contribution in [2.45, 2.75) is 25.8 Å². The number of primary amides is 1. The van der Waals surface area contributed by atoms with Crippen molar-refractivity contribution in [3.05, 3.63) is 64.7 Å². The van der Waals surface area contributed by atoms with Crippen LogP contribution in [-0.2, 0) is 4.79 Å². The largest absolute Gasteiger partial charge is 0.481 e. The van der Waals surface area contributed by atoms with E-state index in [1.54, 1.807) is 42.5 Å². The SMILES string of the molecule is C[C@@H]1CN(C(=O)c2ccc3c(Cl)cc(-c4cccc(C(N)=O)c4)nc3c2)CCN1CCCC(=O)O. The lowest BCUT2D eigenvalue weighted by atomic mass is 10.0. The number of nitrogens with two attached hydrogens (primary N) is 1. The van der Waals surface area contributed by atoms with Crippen LogP contribution in [0, 0.1) is 0 Å². The van der Waals surface area contributed by atoms with E-state index in [1.807, 2.05) is 11.0 Å². The lowest BCUT2D eigenvalue weighted by molar-refractivity contribution is -0.137. The predicted molar refractivity (Wildman–Crippen MR) is 135 cm³/mol. The summed E-state index contributed by atoms with van der Waals surface area (Å²) in [6.07, 6.45) is 0.739. The van der Waals surface area contributed by atoms with Gasteiger partial charge in [-0.3, -0.25) is 19.3 Å². The first-order valence-corrected chi connectivity index (χ1v) is 11.9. The molecule has 1 atom stereocenters. The quantitative estimate of drug-likeness (QED) is 0.517. The molecular formula is C26H27ClN4O4. The normalized spacial score (nSPS) is 16.4. The second-order valence-electron chi connectivity index (χ2n) is 8.80. The van der Waals surface area contributed by atoms with Crippen molar-refractivity contribution in [2.24, 2.45) is 5.73 Å². The van der Waals surface area contributed by atoms with Gasteiger partial charge in [0, 0.05) is 54.2 Å². The summed E-state index contributed by atoms with van der Waals surface area (Å²) in [7, 11) is 0. The Balaban J connectivity index is 1.54. The average Bonchev–Trinajstić information content (AvgIpc) is 2.84. The number of hydrogen-bond acceptors (Lipinski definition) is 5. The van der Waals surface area contributed by atoms with Crippen molar-refractivity contribution in [1.82, 2.24) is 14.8 Å². The maximum Gasteiger partial charge on any atom is 0.303 e. The molecule has 0 radical (unpaired) electrons. The molecule has 3 aromatic rings. The Hall–Kier alpha value is -3.49. The first-order chi connectivity index (χ1) is 16.7. The number of carboxylic acid groups (broad SMARTS) is 1. The lowest BCUT2D eigenvalue weighted by Gasteiger charge is -2.40. The number of amides is 2. The van der Waals surface area contributed by atoms with Crippen LogP contribution in [0.4, 0.5) is 0 Å². The molecule has 2 amide bonds. The summed E-state index contributed by atoms with van der Waals surface area (Å²) in [5, 5.41) is 10.1. The molecule has 1 aliphatic rings. The van der Waals surface area contributed by atoms with E-state index in [9.17, 15) is 14.4 Å². The van der Waals surface area contributed by atoms with Gasteiger partial charge in [0.2, 0.25) is 5.91 Å². The van der Waals surface area contributed by atoms with E-state index in [0.29, 0.717) is 65.5 Å². The van der Waals surface area contributed by atoms with Crippen molar-refractivity contribution in [3.8, 4) is 11.3 Å². The second-order valence-corrected chi connectivity index (χ2v) is 9.21. The lowest BCUT2D eigenvalue weighted by Crippen LogP contribution is -2.53. The molecule has 35 heavy (non-hydrogen) atoms. The van der Waals surface area contributed by atoms with Crippen LogP contribution >= 0.6 is 11.6 Å². The molecule has 0 saturated carbocycles. The third-order valence-corrected chi connectivity index (χ3v) is 6.65. The molecule has 0 bridgehead atoms. The van der Waals surface area contributed by atoms with Crippen LogP contribution in [0.3, 0.4) is 0 Å². The average molecular weight is 495 g/mol. The smallest absolute Gasteiger partial charge is 0.303 e. The van der Waals surface area contributed by atoms with Gasteiger partial charge in [0.25, 0.3) is 5.91 Å². The molecule has 4 rings (SSSR count). The van der Waals surface area contributed by atoms with Crippen LogP contribution in [0.25, 0.3) is 22.2 Å². The Labute approximate surface area is 208 Å².